The van der Waals surface area contributed by atoms with Crippen molar-refractivity contribution < 1.29 is 14.6 Å². The maximum Gasteiger partial charge on any atom is 0.108 e. The molecule has 0 bridgehead atoms. The van der Waals surface area contributed by atoms with E-state index in [0.717, 1.165) is 19.3 Å². The lowest BCUT2D eigenvalue weighted by Crippen LogP contribution is -2.43. The van der Waals surface area contributed by atoms with Gasteiger partial charge in [-0.05, 0) is 75.5 Å². The van der Waals surface area contributed by atoms with Crippen LogP contribution >= 0.6 is 0 Å². The second-order valence-electron chi connectivity index (χ2n) is 11.1. The molecule has 3 heteroatoms. The highest BCUT2D eigenvalue weighted by molar-refractivity contribution is 5.26. The van der Waals surface area contributed by atoms with Crippen LogP contribution in [0.1, 0.15) is 66.7 Å². The Labute approximate surface area is 177 Å². The molecule has 3 nitrogen and oxygen atoms in total. The molecule has 1 aliphatic heterocycles. The third-order valence-corrected chi connectivity index (χ3v) is 8.80. The summed E-state index contributed by atoms with van der Waals surface area (Å²) in [6.45, 7) is 11.2. The molecule has 1 heterocycles. The molecule has 9 atom stereocenters. The predicted molar refractivity (Wildman–Crippen MR) is 117 cm³/mol. The van der Waals surface area contributed by atoms with E-state index >= 15 is 0 Å². The van der Waals surface area contributed by atoms with Crippen LogP contribution in [0, 0.1) is 35.0 Å². The summed E-state index contributed by atoms with van der Waals surface area (Å²) in [7, 11) is 1.85. The average molecular weight is 401 g/mol. The number of ether oxygens (including phenoxy) is 2. The molecule has 0 aromatic carbocycles. The maximum atomic E-state index is 11.3. The summed E-state index contributed by atoms with van der Waals surface area (Å²) in [4.78, 5) is 0. The van der Waals surface area contributed by atoms with Gasteiger partial charge < -0.3 is 14.6 Å². The van der Waals surface area contributed by atoms with Crippen LogP contribution < -0.4 is 0 Å². The molecule has 162 valence electrons. The van der Waals surface area contributed by atoms with Gasteiger partial charge >= 0.3 is 0 Å². The quantitative estimate of drug-likeness (QED) is 0.619. The molecular formula is C26H40O3. The van der Waals surface area contributed by atoms with Crippen molar-refractivity contribution in [2.45, 2.75) is 84.5 Å². The Morgan fingerprint density at radius 3 is 2.72 bits per heavy atom. The Bertz CT molecular complexity index is 713. The Hall–Kier alpha value is -1.06. The number of rotatable bonds is 4. The predicted octanol–water partition coefficient (Wildman–Crippen LogP) is 5.66. The van der Waals surface area contributed by atoms with Gasteiger partial charge in [0.15, 0.2) is 0 Å². The van der Waals surface area contributed by atoms with E-state index in [1.807, 2.05) is 20.3 Å². The van der Waals surface area contributed by atoms with Gasteiger partial charge in [0.1, 0.15) is 6.10 Å². The zero-order valence-electron chi connectivity index (χ0n) is 19.2. The van der Waals surface area contributed by atoms with Gasteiger partial charge in [0.2, 0.25) is 0 Å². The third kappa shape index (κ3) is 3.63. The standard InChI is InChI=1S/C26H40O3/c1-16(2)8-7-9-17(3)18-10-11-25(4)13-21-24-19(22(28-6)12-20(18)25)15-29-23(24)14-26(21,5)27/h7-9,15,17-18,20-24,27H,10-14H2,1-6H3/b9-7-/t17-,18+,20-,21-,22-,23-,24+,25+,26+/m0/s1. The molecule has 1 N–H and O–H groups in total. The number of aliphatic hydroxyl groups is 1. The van der Waals surface area contributed by atoms with Crippen LogP contribution in [0.5, 0.6) is 0 Å². The van der Waals surface area contributed by atoms with Crippen LogP contribution in [0.3, 0.4) is 0 Å². The van der Waals surface area contributed by atoms with Gasteiger partial charge in [0.05, 0.1) is 18.0 Å². The highest BCUT2D eigenvalue weighted by Gasteiger charge is 2.60. The fourth-order valence-electron chi connectivity index (χ4n) is 7.20. The Morgan fingerprint density at radius 2 is 2.03 bits per heavy atom. The van der Waals surface area contributed by atoms with E-state index in [0.29, 0.717) is 23.7 Å². The Kier molecular flexibility index (Phi) is 5.53. The molecular weight excluding hydrogens is 360 g/mol. The van der Waals surface area contributed by atoms with Crippen LogP contribution in [-0.4, -0.2) is 30.0 Å². The lowest BCUT2D eigenvalue weighted by molar-refractivity contribution is -0.0366. The fraction of sp³-hybridized carbons (Fsp3) is 0.769. The third-order valence-electron chi connectivity index (χ3n) is 8.80. The molecule has 0 saturated heterocycles. The number of hydrogen-bond donors (Lipinski definition) is 1. The molecule has 3 saturated carbocycles. The average Bonchev–Trinajstić information content (AvgIpc) is 3.23. The summed E-state index contributed by atoms with van der Waals surface area (Å²) in [6.07, 6.45) is 14.5. The molecule has 0 aromatic rings. The van der Waals surface area contributed by atoms with E-state index in [4.69, 9.17) is 9.47 Å². The Morgan fingerprint density at radius 1 is 1.28 bits per heavy atom. The van der Waals surface area contributed by atoms with Crippen LogP contribution in [-0.2, 0) is 9.47 Å². The lowest BCUT2D eigenvalue weighted by Gasteiger charge is -2.45. The lowest BCUT2D eigenvalue weighted by atomic mass is 9.61. The summed E-state index contributed by atoms with van der Waals surface area (Å²) in [5.74, 6) is 2.41. The normalized spacial score (nSPS) is 47.1. The van der Waals surface area contributed by atoms with Gasteiger partial charge in [-0.1, -0.05) is 37.6 Å². The van der Waals surface area contributed by atoms with Crippen molar-refractivity contribution in [2.24, 2.45) is 35.0 Å². The highest BCUT2D eigenvalue weighted by atomic mass is 16.5. The first-order valence-electron chi connectivity index (χ1n) is 11.6. The second kappa shape index (κ2) is 7.57. The molecule has 3 aliphatic carbocycles. The summed E-state index contributed by atoms with van der Waals surface area (Å²) >= 11 is 0. The first kappa shape index (κ1) is 21.2. The van der Waals surface area contributed by atoms with Gasteiger partial charge in [-0.2, -0.15) is 0 Å². The number of allylic oxidation sites excluding steroid dienone is 4. The summed E-state index contributed by atoms with van der Waals surface area (Å²) in [5.41, 5.74) is 2.26. The van der Waals surface area contributed by atoms with E-state index in [1.54, 1.807) is 0 Å². The molecule has 4 aliphatic rings. The number of fused-ring (bicyclic) bond motifs is 1. The van der Waals surface area contributed by atoms with E-state index < -0.39 is 5.60 Å². The first-order chi connectivity index (χ1) is 13.7. The van der Waals surface area contributed by atoms with Gasteiger partial charge in [0, 0.05) is 25.0 Å². The molecule has 4 rings (SSSR count). The van der Waals surface area contributed by atoms with E-state index in [-0.39, 0.29) is 23.5 Å². The zero-order valence-corrected chi connectivity index (χ0v) is 19.2. The largest absolute Gasteiger partial charge is 0.497 e. The van der Waals surface area contributed by atoms with Gasteiger partial charge in [0.25, 0.3) is 0 Å². The molecule has 0 radical (unpaired) electrons. The minimum atomic E-state index is -0.648. The van der Waals surface area contributed by atoms with Crippen molar-refractivity contribution in [3.8, 4) is 0 Å². The monoisotopic (exact) mass is 400 g/mol. The molecule has 3 fully saturated rings. The van der Waals surface area contributed by atoms with E-state index in [2.05, 4.69) is 45.9 Å². The summed E-state index contributed by atoms with van der Waals surface area (Å²) < 4.78 is 12.1. The van der Waals surface area contributed by atoms with Crippen LogP contribution in [0.25, 0.3) is 0 Å². The molecule has 0 amide bonds. The summed E-state index contributed by atoms with van der Waals surface area (Å²) in [6, 6.07) is 0. The highest BCUT2D eigenvalue weighted by Crippen LogP contribution is 2.62. The van der Waals surface area contributed by atoms with Crippen LogP contribution in [0.4, 0.5) is 0 Å². The van der Waals surface area contributed by atoms with Crippen molar-refractivity contribution in [2.75, 3.05) is 7.11 Å². The Balaban J connectivity index is 1.65. The maximum absolute atomic E-state index is 11.3. The van der Waals surface area contributed by atoms with Crippen LogP contribution in [0.15, 0.2) is 35.6 Å². The second-order valence-corrected chi connectivity index (χ2v) is 11.1. The molecule has 0 aromatic heterocycles. The van der Waals surface area contributed by atoms with E-state index in [1.165, 1.54) is 24.0 Å². The SMILES string of the molecule is CO[C@H]1C[C@H]2[C@@H]([C@@H](C)/C=C\C=C(C)C)CC[C@]2(C)C[C@H]2[C@H]3C1=CO[C@H]3C[C@@]2(C)O. The summed E-state index contributed by atoms with van der Waals surface area (Å²) in [5, 5.41) is 11.3. The van der Waals surface area contributed by atoms with Crippen molar-refractivity contribution in [1.29, 1.82) is 0 Å². The van der Waals surface area contributed by atoms with Gasteiger partial charge in [-0.15, -0.1) is 0 Å². The van der Waals surface area contributed by atoms with Crippen molar-refractivity contribution in [3.63, 3.8) is 0 Å². The van der Waals surface area contributed by atoms with Gasteiger partial charge in [-0.3, -0.25) is 0 Å². The molecule has 29 heavy (non-hydrogen) atoms. The smallest absolute Gasteiger partial charge is 0.108 e. The minimum Gasteiger partial charge on any atom is -0.497 e. The van der Waals surface area contributed by atoms with Crippen LogP contribution in [0.2, 0.25) is 0 Å². The number of methoxy groups -OCH3 is 1. The van der Waals surface area contributed by atoms with E-state index in [9.17, 15) is 5.11 Å². The minimum absolute atomic E-state index is 0.112. The van der Waals surface area contributed by atoms with Crippen molar-refractivity contribution in [3.05, 3.63) is 35.6 Å². The van der Waals surface area contributed by atoms with Crippen molar-refractivity contribution >= 4 is 0 Å². The first-order valence-corrected chi connectivity index (χ1v) is 11.6. The fourth-order valence-corrected chi connectivity index (χ4v) is 7.20. The topological polar surface area (TPSA) is 38.7 Å². The van der Waals surface area contributed by atoms with Crippen molar-refractivity contribution in [1.82, 2.24) is 0 Å². The number of hydrogen-bond acceptors (Lipinski definition) is 3. The molecule has 0 unspecified atom stereocenters. The molecule has 0 spiro atoms. The zero-order chi connectivity index (χ0) is 21.0. The van der Waals surface area contributed by atoms with Gasteiger partial charge in [-0.25, -0.2) is 0 Å².